The number of aromatic nitrogens is 4. The SMILES string of the molecule is Cc1cnc(NC(=O)CSc2nnc(CNc3ccc(F)cc3)n2C[C@@H]2CCCO2)s1. The predicted molar refractivity (Wildman–Crippen MR) is 119 cm³/mol. The Bertz CT molecular complexity index is 1020. The monoisotopic (exact) mass is 462 g/mol. The first-order valence-corrected chi connectivity index (χ1v) is 11.8. The molecule has 1 aromatic carbocycles. The number of hydrogen-bond acceptors (Lipinski definition) is 8. The Labute approximate surface area is 187 Å². The number of amides is 1. The van der Waals surface area contributed by atoms with Crippen molar-refractivity contribution in [3.63, 3.8) is 0 Å². The van der Waals surface area contributed by atoms with Crippen molar-refractivity contribution in [2.75, 3.05) is 23.0 Å². The Balaban J connectivity index is 1.41. The van der Waals surface area contributed by atoms with Crippen LogP contribution in [0.5, 0.6) is 0 Å². The zero-order chi connectivity index (χ0) is 21.6. The second kappa shape index (κ2) is 10.2. The van der Waals surface area contributed by atoms with Gasteiger partial charge in [0.15, 0.2) is 16.1 Å². The van der Waals surface area contributed by atoms with Crippen LogP contribution in [0.15, 0.2) is 35.6 Å². The summed E-state index contributed by atoms with van der Waals surface area (Å²) < 4.78 is 20.9. The lowest BCUT2D eigenvalue weighted by Gasteiger charge is -2.15. The van der Waals surface area contributed by atoms with Gasteiger partial charge in [0.25, 0.3) is 0 Å². The van der Waals surface area contributed by atoms with Crippen LogP contribution >= 0.6 is 23.1 Å². The van der Waals surface area contributed by atoms with Gasteiger partial charge in [-0.2, -0.15) is 0 Å². The molecule has 1 amide bonds. The lowest BCUT2D eigenvalue weighted by molar-refractivity contribution is -0.113. The fourth-order valence-electron chi connectivity index (χ4n) is 3.18. The molecule has 0 radical (unpaired) electrons. The molecule has 11 heteroatoms. The molecule has 3 heterocycles. The first-order valence-electron chi connectivity index (χ1n) is 9.95. The molecule has 0 unspecified atom stereocenters. The van der Waals surface area contributed by atoms with E-state index in [1.807, 2.05) is 11.5 Å². The van der Waals surface area contributed by atoms with Crippen LogP contribution in [0.2, 0.25) is 0 Å². The summed E-state index contributed by atoms with van der Waals surface area (Å²) >= 11 is 2.77. The highest BCUT2D eigenvalue weighted by molar-refractivity contribution is 7.99. The Morgan fingerprint density at radius 2 is 2.19 bits per heavy atom. The fraction of sp³-hybridized carbons (Fsp3) is 0.400. The molecular weight excluding hydrogens is 439 g/mol. The van der Waals surface area contributed by atoms with Crippen LogP contribution in [0.4, 0.5) is 15.2 Å². The highest BCUT2D eigenvalue weighted by atomic mass is 32.2. The van der Waals surface area contributed by atoms with Crippen LogP contribution in [0.3, 0.4) is 0 Å². The van der Waals surface area contributed by atoms with Gasteiger partial charge in [-0.15, -0.1) is 21.5 Å². The number of thioether (sulfide) groups is 1. The third kappa shape index (κ3) is 6.02. The summed E-state index contributed by atoms with van der Waals surface area (Å²) in [5, 5.41) is 15.9. The quantitative estimate of drug-likeness (QED) is 0.468. The lowest BCUT2D eigenvalue weighted by Crippen LogP contribution is -2.20. The summed E-state index contributed by atoms with van der Waals surface area (Å²) in [7, 11) is 0. The number of rotatable bonds is 9. The largest absolute Gasteiger partial charge is 0.378 e. The summed E-state index contributed by atoms with van der Waals surface area (Å²) in [5.74, 6) is 0.514. The van der Waals surface area contributed by atoms with E-state index in [1.54, 1.807) is 18.3 Å². The molecule has 2 aromatic heterocycles. The number of benzene rings is 1. The Hall–Kier alpha value is -2.50. The number of thiazole rings is 1. The Kier molecular flexibility index (Phi) is 7.15. The van der Waals surface area contributed by atoms with E-state index >= 15 is 0 Å². The third-order valence-corrected chi connectivity index (χ3v) is 6.49. The summed E-state index contributed by atoms with van der Waals surface area (Å²) in [6.07, 6.45) is 3.85. The van der Waals surface area contributed by atoms with Gasteiger partial charge < -0.3 is 19.9 Å². The standard InChI is InChI=1S/C20H23FN6O2S2/c1-13-9-23-19(31-13)24-18(28)12-30-20-26-25-17(27(20)11-16-3-2-8-29-16)10-22-15-6-4-14(21)5-7-15/h4-7,9,16,22H,2-3,8,10-12H2,1H3,(H,23,24,28)/t16-/m0/s1. The minimum Gasteiger partial charge on any atom is -0.378 e. The molecule has 1 saturated heterocycles. The average molecular weight is 463 g/mol. The molecule has 4 rings (SSSR count). The van der Waals surface area contributed by atoms with E-state index in [9.17, 15) is 9.18 Å². The molecule has 0 bridgehead atoms. The maximum absolute atomic E-state index is 13.1. The number of carbonyl (C=O) groups is 1. The maximum atomic E-state index is 13.1. The first kappa shape index (κ1) is 21.7. The van der Waals surface area contributed by atoms with Crippen LogP contribution in [-0.4, -0.2) is 44.1 Å². The van der Waals surface area contributed by atoms with Gasteiger partial charge in [0.1, 0.15) is 5.82 Å². The first-order chi connectivity index (χ1) is 15.1. The Morgan fingerprint density at radius 1 is 1.35 bits per heavy atom. The van der Waals surface area contributed by atoms with Crippen molar-refractivity contribution in [3.05, 3.63) is 47.0 Å². The molecule has 0 saturated carbocycles. The van der Waals surface area contributed by atoms with Crippen molar-refractivity contribution in [2.45, 2.75) is 44.1 Å². The molecule has 0 aliphatic carbocycles. The fourth-order valence-corrected chi connectivity index (χ4v) is 4.63. The van der Waals surface area contributed by atoms with E-state index in [2.05, 4.69) is 25.8 Å². The van der Waals surface area contributed by atoms with Gasteiger partial charge >= 0.3 is 0 Å². The number of aryl methyl sites for hydroxylation is 1. The van der Waals surface area contributed by atoms with Gasteiger partial charge in [-0.05, 0) is 44.0 Å². The average Bonchev–Trinajstić information content (AvgIpc) is 3.49. The van der Waals surface area contributed by atoms with E-state index in [4.69, 9.17) is 4.74 Å². The molecule has 3 aromatic rings. The van der Waals surface area contributed by atoms with Gasteiger partial charge in [0.05, 0.1) is 24.9 Å². The summed E-state index contributed by atoms with van der Waals surface area (Å²) in [5.41, 5.74) is 0.792. The second-order valence-corrected chi connectivity index (χ2v) is 9.30. The molecule has 1 fully saturated rings. The smallest absolute Gasteiger partial charge is 0.236 e. The van der Waals surface area contributed by atoms with E-state index in [-0.39, 0.29) is 23.6 Å². The lowest BCUT2D eigenvalue weighted by atomic mass is 10.2. The number of carbonyl (C=O) groups excluding carboxylic acids is 1. The van der Waals surface area contributed by atoms with E-state index in [1.165, 1.54) is 35.2 Å². The topological polar surface area (TPSA) is 94.0 Å². The predicted octanol–water partition coefficient (Wildman–Crippen LogP) is 3.70. The van der Waals surface area contributed by atoms with Crippen molar-refractivity contribution < 1.29 is 13.9 Å². The van der Waals surface area contributed by atoms with Crippen molar-refractivity contribution in [3.8, 4) is 0 Å². The maximum Gasteiger partial charge on any atom is 0.236 e. The highest BCUT2D eigenvalue weighted by Crippen LogP contribution is 2.23. The molecular formula is C20H23FN6O2S2. The summed E-state index contributed by atoms with van der Waals surface area (Å²) in [4.78, 5) is 17.5. The molecule has 1 atom stereocenters. The van der Waals surface area contributed by atoms with E-state index < -0.39 is 0 Å². The highest BCUT2D eigenvalue weighted by Gasteiger charge is 2.21. The second-order valence-electron chi connectivity index (χ2n) is 7.12. The minimum atomic E-state index is -0.281. The van der Waals surface area contributed by atoms with Crippen LogP contribution in [-0.2, 0) is 22.6 Å². The molecule has 164 valence electrons. The molecule has 0 spiro atoms. The number of hydrogen-bond donors (Lipinski definition) is 2. The Morgan fingerprint density at radius 3 is 2.90 bits per heavy atom. The summed E-state index contributed by atoms with van der Waals surface area (Å²) in [6.45, 7) is 3.75. The van der Waals surface area contributed by atoms with Crippen LogP contribution in [0, 0.1) is 12.7 Å². The van der Waals surface area contributed by atoms with Crippen molar-refractivity contribution in [1.29, 1.82) is 0 Å². The third-order valence-electron chi connectivity index (χ3n) is 4.70. The van der Waals surface area contributed by atoms with Gasteiger partial charge in [-0.25, -0.2) is 9.37 Å². The van der Waals surface area contributed by atoms with E-state index in [0.717, 1.165) is 35.8 Å². The minimum absolute atomic E-state index is 0.104. The zero-order valence-electron chi connectivity index (χ0n) is 17.0. The van der Waals surface area contributed by atoms with Gasteiger partial charge in [-0.3, -0.25) is 4.79 Å². The van der Waals surface area contributed by atoms with Crippen molar-refractivity contribution >= 4 is 39.8 Å². The number of nitrogens with one attached hydrogen (secondary N) is 2. The number of nitrogens with zero attached hydrogens (tertiary/aromatic N) is 4. The summed E-state index contributed by atoms with van der Waals surface area (Å²) in [6, 6.07) is 6.17. The van der Waals surface area contributed by atoms with Crippen LogP contribution in [0.25, 0.3) is 0 Å². The van der Waals surface area contributed by atoms with Gasteiger partial charge in [-0.1, -0.05) is 11.8 Å². The number of anilines is 2. The molecule has 8 nitrogen and oxygen atoms in total. The van der Waals surface area contributed by atoms with Gasteiger partial charge in [0, 0.05) is 23.4 Å². The van der Waals surface area contributed by atoms with E-state index in [0.29, 0.717) is 23.4 Å². The van der Waals surface area contributed by atoms with Gasteiger partial charge in [0.2, 0.25) is 5.91 Å². The molecule has 2 N–H and O–H groups in total. The molecule has 31 heavy (non-hydrogen) atoms. The van der Waals surface area contributed by atoms with Crippen molar-refractivity contribution in [1.82, 2.24) is 19.7 Å². The number of halogens is 1. The number of ether oxygens (including phenoxy) is 1. The van der Waals surface area contributed by atoms with Crippen molar-refractivity contribution in [2.24, 2.45) is 0 Å². The van der Waals surface area contributed by atoms with Crippen LogP contribution < -0.4 is 10.6 Å². The molecule has 1 aliphatic rings. The molecule has 1 aliphatic heterocycles. The normalized spacial score (nSPS) is 15.9. The van der Waals surface area contributed by atoms with Crippen LogP contribution in [0.1, 0.15) is 23.5 Å². The zero-order valence-corrected chi connectivity index (χ0v) is 18.6.